The van der Waals surface area contributed by atoms with Crippen molar-refractivity contribution in [1.29, 1.82) is 0 Å². The summed E-state index contributed by atoms with van der Waals surface area (Å²) in [4.78, 5) is 14.9. The maximum absolute atomic E-state index is 13.0. The van der Waals surface area contributed by atoms with Crippen LogP contribution in [0.5, 0.6) is 0 Å². The van der Waals surface area contributed by atoms with Gasteiger partial charge in [-0.2, -0.15) is 18.2 Å². The van der Waals surface area contributed by atoms with Crippen molar-refractivity contribution in [2.75, 3.05) is 23.3 Å². The summed E-state index contributed by atoms with van der Waals surface area (Å²) in [6.07, 6.45) is -1.10. The average Bonchev–Trinajstić information content (AvgIpc) is 3.08. The molecule has 27 heavy (non-hydrogen) atoms. The molecule has 0 bridgehead atoms. The van der Waals surface area contributed by atoms with Gasteiger partial charge < -0.3 is 15.3 Å². The summed E-state index contributed by atoms with van der Waals surface area (Å²) in [5, 5.41) is 13.3. The maximum atomic E-state index is 13.0. The number of fused-ring (bicyclic) bond motifs is 1. The minimum Gasteiger partial charge on any atom is -0.391 e. The molecule has 0 unspecified atom stereocenters. The van der Waals surface area contributed by atoms with Crippen LogP contribution >= 0.6 is 0 Å². The van der Waals surface area contributed by atoms with E-state index in [1.807, 2.05) is 4.90 Å². The molecule has 1 atom stereocenters. The fourth-order valence-corrected chi connectivity index (χ4v) is 3.03. The molecule has 6 nitrogen and oxygen atoms in total. The molecular weight excluding hydrogens is 359 g/mol. The molecule has 0 spiro atoms. The minimum atomic E-state index is -4.43. The number of aliphatic hydroxyl groups excluding tert-OH is 1. The van der Waals surface area contributed by atoms with E-state index in [1.54, 1.807) is 24.5 Å². The standard InChI is InChI=1S/C18H16F3N5O/c19-18(20,21)11-2-1-3-12(8-11)23-16-14-9-22-6-4-15(14)24-17(25-16)26-7-5-13(27)10-26/h1-4,6,8-9,13,27H,5,7,10H2,(H,23,24,25)/t13-/m0/s1. The zero-order chi connectivity index (χ0) is 19.0. The van der Waals surface area contributed by atoms with Crippen molar-refractivity contribution < 1.29 is 18.3 Å². The number of halogens is 3. The highest BCUT2D eigenvalue weighted by atomic mass is 19.4. The number of aromatic nitrogens is 3. The van der Waals surface area contributed by atoms with E-state index in [0.717, 1.165) is 12.1 Å². The normalized spacial score (nSPS) is 17.5. The third-order valence-corrected chi connectivity index (χ3v) is 4.38. The SMILES string of the molecule is O[C@H]1CCN(c2nc(Nc3cccc(C(F)(F)F)c3)c3cnccc3n2)C1. The van der Waals surface area contributed by atoms with Crippen molar-refractivity contribution in [2.45, 2.75) is 18.7 Å². The first-order chi connectivity index (χ1) is 12.9. The lowest BCUT2D eigenvalue weighted by Crippen LogP contribution is -2.23. The molecule has 2 N–H and O–H groups in total. The highest BCUT2D eigenvalue weighted by Gasteiger charge is 2.30. The summed E-state index contributed by atoms with van der Waals surface area (Å²) in [7, 11) is 0. The van der Waals surface area contributed by atoms with Gasteiger partial charge in [0.1, 0.15) is 5.82 Å². The van der Waals surface area contributed by atoms with E-state index in [9.17, 15) is 18.3 Å². The lowest BCUT2D eigenvalue weighted by atomic mass is 10.2. The Kier molecular flexibility index (Phi) is 4.31. The minimum absolute atomic E-state index is 0.265. The number of anilines is 3. The molecule has 1 fully saturated rings. The van der Waals surface area contributed by atoms with Gasteiger partial charge >= 0.3 is 6.18 Å². The average molecular weight is 375 g/mol. The second kappa shape index (κ2) is 6.66. The van der Waals surface area contributed by atoms with Crippen LogP contribution in [0, 0.1) is 0 Å². The second-order valence-electron chi connectivity index (χ2n) is 6.36. The number of benzene rings is 1. The molecule has 0 radical (unpaired) electrons. The third kappa shape index (κ3) is 3.63. The fraction of sp³-hybridized carbons (Fsp3) is 0.278. The van der Waals surface area contributed by atoms with E-state index in [0.29, 0.717) is 42.2 Å². The molecule has 3 heterocycles. The quantitative estimate of drug-likeness (QED) is 0.731. The number of alkyl halides is 3. The van der Waals surface area contributed by atoms with Gasteiger partial charge in [0.25, 0.3) is 0 Å². The van der Waals surface area contributed by atoms with E-state index in [1.165, 1.54) is 6.07 Å². The van der Waals surface area contributed by atoms with Gasteiger partial charge in [-0.25, -0.2) is 4.98 Å². The second-order valence-corrected chi connectivity index (χ2v) is 6.36. The molecule has 0 amide bonds. The van der Waals surface area contributed by atoms with Crippen LogP contribution in [-0.2, 0) is 6.18 Å². The van der Waals surface area contributed by atoms with Gasteiger partial charge in [0.05, 0.1) is 22.6 Å². The van der Waals surface area contributed by atoms with Crippen LogP contribution in [0.4, 0.5) is 30.6 Å². The van der Waals surface area contributed by atoms with E-state index in [-0.39, 0.29) is 5.69 Å². The number of pyridine rings is 1. The molecule has 1 aliphatic heterocycles. The molecular formula is C18H16F3N5O. The largest absolute Gasteiger partial charge is 0.416 e. The Morgan fingerprint density at radius 3 is 2.78 bits per heavy atom. The predicted octanol–water partition coefficient (Wildman–Crippen LogP) is 3.36. The highest BCUT2D eigenvalue weighted by Crippen LogP contribution is 2.32. The molecule has 140 valence electrons. The highest BCUT2D eigenvalue weighted by molar-refractivity contribution is 5.91. The monoisotopic (exact) mass is 375 g/mol. The Hall–Kier alpha value is -2.94. The Morgan fingerprint density at radius 2 is 2.04 bits per heavy atom. The van der Waals surface area contributed by atoms with Crippen LogP contribution < -0.4 is 10.2 Å². The van der Waals surface area contributed by atoms with Crippen molar-refractivity contribution in [3.8, 4) is 0 Å². The van der Waals surface area contributed by atoms with Gasteiger partial charge in [0.2, 0.25) is 5.95 Å². The maximum Gasteiger partial charge on any atom is 0.416 e. The van der Waals surface area contributed by atoms with Gasteiger partial charge in [0.15, 0.2) is 0 Å². The molecule has 9 heteroatoms. The topological polar surface area (TPSA) is 74.2 Å². The van der Waals surface area contributed by atoms with Gasteiger partial charge in [-0.1, -0.05) is 6.07 Å². The van der Waals surface area contributed by atoms with Gasteiger partial charge in [-0.15, -0.1) is 0 Å². The molecule has 0 saturated carbocycles. The molecule has 2 aromatic heterocycles. The van der Waals surface area contributed by atoms with Crippen molar-refractivity contribution in [1.82, 2.24) is 15.0 Å². The van der Waals surface area contributed by atoms with Crippen LogP contribution in [0.15, 0.2) is 42.7 Å². The Balaban J connectivity index is 1.74. The molecule has 3 aromatic rings. The Bertz CT molecular complexity index is 979. The van der Waals surface area contributed by atoms with E-state index in [4.69, 9.17) is 0 Å². The predicted molar refractivity (Wildman–Crippen MR) is 94.9 cm³/mol. The molecule has 4 rings (SSSR count). The Morgan fingerprint density at radius 1 is 1.19 bits per heavy atom. The molecule has 0 aliphatic carbocycles. The van der Waals surface area contributed by atoms with E-state index >= 15 is 0 Å². The molecule has 1 aliphatic rings. The van der Waals surface area contributed by atoms with Crippen molar-refractivity contribution >= 4 is 28.4 Å². The first-order valence-electron chi connectivity index (χ1n) is 8.39. The van der Waals surface area contributed by atoms with Gasteiger partial charge in [-0.05, 0) is 30.7 Å². The zero-order valence-corrected chi connectivity index (χ0v) is 14.1. The summed E-state index contributed by atoms with van der Waals surface area (Å²) >= 11 is 0. The number of nitrogens with zero attached hydrogens (tertiary/aromatic N) is 4. The number of hydrogen-bond donors (Lipinski definition) is 2. The molecule has 1 aromatic carbocycles. The summed E-state index contributed by atoms with van der Waals surface area (Å²) in [6, 6.07) is 6.64. The van der Waals surface area contributed by atoms with Crippen LogP contribution in [0.3, 0.4) is 0 Å². The lowest BCUT2D eigenvalue weighted by Gasteiger charge is -2.18. The van der Waals surface area contributed by atoms with E-state index in [2.05, 4.69) is 20.3 Å². The van der Waals surface area contributed by atoms with Crippen molar-refractivity contribution in [3.63, 3.8) is 0 Å². The van der Waals surface area contributed by atoms with Crippen LogP contribution in [0.1, 0.15) is 12.0 Å². The van der Waals surface area contributed by atoms with Crippen molar-refractivity contribution in [2.24, 2.45) is 0 Å². The number of β-amino-alcohol motifs (C(OH)–C–C–N with tert-alkyl or cyclic N) is 1. The zero-order valence-electron chi connectivity index (χ0n) is 14.1. The molecule has 1 saturated heterocycles. The van der Waals surface area contributed by atoms with Crippen LogP contribution in [0.25, 0.3) is 10.9 Å². The van der Waals surface area contributed by atoms with Gasteiger partial charge in [0, 0.05) is 31.2 Å². The summed E-state index contributed by atoms with van der Waals surface area (Å²) in [5.41, 5.74) is 0.138. The lowest BCUT2D eigenvalue weighted by molar-refractivity contribution is -0.137. The Labute approximate surface area is 152 Å². The summed E-state index contributed by atoms with van der Waals surface area (Å²) in [6.45, 7) is 1.03. The first-order valence-corrected chi connectivity index (χ1v) is 8.39. The van der Waals surface area contributed by atoms with Crippen molar-refractivity contribution in [3.05, 3.63) is 48.3 Å². The van der Waals surface area contributed by atoms with Crippen LogP contribution in [0.2, 0.25) is 0 Å². The fourth-order valence-electron chi connectivity index (χ4n) is 3.03. The smallest absolute Gasteiger partial charge is 0.391 e. The third-order valence-electron chi connectivity index (χ3n) is 4.38. The van der Waals surface area contributed by atoms with Gasteiger partial charge in [-0.3, -0.25) is 4.98 Å². The van der Waals surface area contributed by atoms with E-state index < -0.39 is 17.8 Å². The number of rotatable bonds is 3. The first kappa shape index (κ1) is 17.5. The summed E-state index contributed by atoms with van der Waals surface area (Å²) < 4.78 is 38.9. The number of hydrogen-bond acceptors (Lipinski definition) is 6. The number of nitrogens with one attached hydrogen (secondary N) is 1. The summed E-state index contributed by atoms with van der Waals surface area (Å²) in [5.74, 6) is 0.781. The van der Waals surface area contributed by atoms with Crippen LogP contribution in [-0.4, -0.2) is 39.3 Å². The number of aliphatic hydroxyl groups is 1.